The van der Waals surface area contributed by atoms with Crippen LogP contribution in [0.1, 0.15) is 12.8 Å². The van der Waals surface area contributed by atoms with Crippen LogP contribution in [0, 0.1) is 0 Å². The molecule has 72 valence electrons. The lowest BCUT2D eigenvalue weighted by atomic mass is 10.2. The Morgan fingerprint density at radius 1 is 1.43 bits per heavy atom. The van der Waals surface area contributed by atoms with E-state index in [9.17, 15) is 0 Å². The third kappa shape index (κ3) is 1.26. The van der Waals surface area contributed by atoms with E-state index < -0.39 is 0 Å². The van der Waals surface area contributed by atoms with Crippen LogP contribution < -0.4 is 10.6 Å². The van der Waals surface area contributed by atoms with Crippen molar-refractivity contribution >= 4 is 29.7 Å². The third-order valence-electron chi connectivity index (χ3n) is 2.52. The number of hydrogen-bond donors (Lipinski definition) is 1. The molecule has 1 aromatic carbocycles. The van der Waals surface area contributed by atoms with Crippen LogP contribution >= 0.6 is 11.9 Å². The summed E-state index contributed by atoms with van der Waals surface area (Å²) in [4.78, 5) is 3.44. The van der Waals surface area contributed by atoms with Crippen LogP contribution in [-0.4, -0.2) is 12.4 Å². The van der Waals surface area contributed by atoms with Crippen LogP contribution in [0.2, 0.25) is 0 Å². The first kappa shape index (κ1) is 8.17. The highest BCUT2D eigenvalue weighted by Gasteiger charge is 2.31. The predicted molar refractivity (Wildman–Crippen MR) is 60.7 cm³/mol. The van der Waals surface area contributed by atoms with Gasteiger partial charge in [0.15, 0.2) is 0 Å². The lowest BCUT2D eigenvalue weighted by Gasteiger charge is -2.24. The highest BCUT2D eigenvalue weighted by molar-refractivity contribution is 7.98. The van der Waals surface area contributed by atoms with E-state index in [2.05, 4.69) is 9.30 Å². The van der Waals surface area contributed by atoms with Gasteiger partial charge < -0.3 is 10.6 Å². The molecule has 0 radical (unpaired) electrons. The number of benzene rings is 1. The number of anilines is 2. The smallest absolute Gasteiger partial charge is 0.104 e. The van der Waals surface area contributed by atoms with Crippen LogP contribution in [0.15, 0.2) is 27.5 Å². The molecule has 0 saturated heterocycles. The fraction of sp³-hybridized carbons (Fsp3) is 0.300. The molecule has 2 aliphatic rings. The minimum absolute atomic E-state index is 0.653. The summed E-state index contributed by atoms with van der Waals surface area (Å²) in [6.07, 6.45) is 4.46. The summed E-state index contributed by atoms with van der Waals surface area (Å²) in [6.45, 7) is 0. The molecule has 1 saturated carbocycles. The number of rotatable bonds is 1. The van der Waals surface area contributed by atoms with Gasteiger partial charge in [0.25, 0.3) is 0 Å². The maximum Gasteiger partial charge on any atom is 0.104 e. The minimum Gasteiger partial charge on any atom is -0.399 e. The fourth-order valence-corrected chi connectivity index (χ4v) is 2.30. The Bertz CT molecular complexity index is 398. The van der Waals surface area contributed by atoms with Crippen LogP contribution in [0.4, 0.5) is 11.4 Å². The molecule has 0 bridgehead atoms. The Balaban J connectivity index is 2.06. The summed E-state index contributed by atoms with van der Waals surface area (Å²) in [5.74, 6) is 0. The average molecular weight is 205 g/mol. The standard InChI is InChI=1S/C10H11N3S/c11-7-1-4-10-9(5-7)13(6-12-14-10)8-2-3-8/h1,4-6,8H,2-3,11H2. The number of fused-ring (bicyclic) bond motifs is 1. The van der Waals surface area contributed by atoms with Crippen molar-refractivity contribution in [3.8, 4) is 0 Å². The summed E-state index contributed by atoms with van der Waals surface area (Å²) in [6, 6.07) is 6.66. The van der Waals surface area contributed by atoms with Gasteiger partial charge >= 0.3 is 0 Å². The van der Waals surface area contributed by atoms with E-state index >= 15 is 0 Å². The largest absolute Gasteiger partial charge is 0.399 e. The summed E-state index contributed by atoms with van der Waals surface area (Å²) < 4.78 is 4.27. The topological polar surface area (TPSA) is 41.6 Å². The first-order valence-corrected chi connectivity index (χ1v) is 5.50. The van der Waals surface area contributed by atoms with Gasteiger partial charge in [-0.25, -0.2) is 4.40 Å². The molecule has 0 spiro atoms. The van der Waals surface area contributed by atoms with Crippen LogP contribution in [0.5, 0.6) is 0 Å². The second kappa shape index (κ2) is 2.92. The van der Waals surface area contributed by atoms with Gasteiger partial charge in [0.2, 0.25) is 0 Å². The molecule has 0 amide bonds. The van der Waals surface area contributed by atoms with Crippen molar-refractivity contribution < 1.29 is 0 Å². The summed E-state index contributed by atoms with van der Waals surface area (Å²) in [5, 5.41) is 0. The van der Waals surface area contributed by atoms with E-state index in [1.165, 1.54) is 35.4 Å². The third-order valence-corrected chi connectivity index (χ3v) is 3.27. The van der Waals surface area contributed by atoms with Crippen molar-refractivity contribution in [1.82, 2.24) is 0 Å². The lowest BCUT2D eigenvalue weighted by molar-refractivity contribution is 0.997. The van der Waals surface area contributed by atoms with Crippen molar-refractivity contribution in [3.05, 3.63) is 18.2 Å². The summed E-state index contributed by atoms with van der Waals surface area (Å²) >= 11 is 1.52. The van der Waals surface area contributed by atoms with E-state index in [1.807, 2.05) is 24.5 Å². The Morgan fingerprint density at radius 2 is 2.29 bits per heavy atom. The zero-order chi connectivity index (χ0) is 9.54. The maximum atomic E-state index is 5.78. The maximum absolute atomic E-state index is 5.78. The molecule has 14 heavy (non-hydrogen) atoms. The quantitative estimate of drug-likeness (QED) is 0.565. The monoisotopic (exact) mass is 205 g/mol. The highest BCUT2D eigenvalue weighted by atomic mass is 32.2. The molecule has 4 heteroatoms. The Kier molecular flexibility index (Phi) is 1.70. The first-order chi connectivity index (χ1) is 6.84. The SMILES string of the molecule is Nc1ccc2c(c1)N(C1CC1)C=NS2. The zero-order valence-electron chi connectivity index (χ0n) is 7.68. The normalized spacial score (nSPS) is 19.6. The number of nitrogens with two attached hydrogens (primary N) is 1. The molecule has 1 heterocycles. The Hall–Kier alpha value is -1.16. The number of nitrogens with zero attached hydrogens (tertiary/aromatic N) is 2. The molecule has 0 atom stereocenters. The fourth-order valence-electron chi connectivity index (χ4n) is 1.65. The molecule has 3 rings (SSSR count). The van der Waals surface area contributed by atoms with E-state index in [1.54, 1.807) is 0 Å². The lowest BCUT2D eigenvalue weighted by Crippen LogP contribution is -2.25. The van der Waals surface area contributed by atoms with Gasteiger partial charge in [-0.15, -0.1) is 0 Å². The number of nitrogen functional groups attached to an aromatic ring is 1. The van der Waals surface area contributed by atoms with Gasteiger partial charge in [0, 0.05) is 23.7 Å². The second-order valence-electron chi connectivity index (χ2n) is 3.68. The van der Waals surface area contributed by atoms with Crippen molar-refractivity contribution in [2.75, 3.05) is 10.6 Å². The average Bonchev–Trinajstić information content (AvgIpc) is 3.00. The van der Waals surface area contributed by atoms with Gasteiger partial charge in [0.05, 0.1) is 10.6 Å². The van der Waals surface area contributed by atoms with Gasteiger partial charge in [-0.1, -0.05) is 0 Å². The minimum atomic E-state index is 0.653. The van der Waals surface area contributed by atoms with E-state index in [-0.39, 0.29) is 0 Å². The van der Waals surface area contributed by atoms with Crippen LogP contribution in [0.3, 0.4) is 0 Å². The van der Waals surface area contributed by atoms with Crippen molar-refractivity contribution in [2.45, 2.75) is 23.8 Å². The van der Waals surface area contributed by atoms with Gasteiger partial charge in [-0.05, 0) is 31.0 Å². The molecule has 1 aliphatic carbocycles. The van der Waals surface area contributed by atoms with E-state index in [0.29, 0.717) is 6.04 Å². The second-order valence-corrected chi connectivity index (χ2v) is 4.51. The van der Waals surface area contributed by atoms with Crippen molar-refractivity contribution in [2.24, 2.45) is 4.40 Å². The molecule has 3 nitrogen and oxygen atoms in total. The molecular weight excluding hydrogens is 194 g/mol. The predicted octanol–water partition coefficient (Wildman–Crippen LogP) is 2.29. The molecule has 1 fully saturated rings. The Labute approximate surface area is 87.1 Å². The number of hydrogen-bond acceptors (Lipinski definition) is 4. The van der Waals surface area contributed by atoms with Crippen molar-refractivity contribution in [1.29, 1.82) is 0 Å². The molecule has 1 aromatic rings. The Morgan fingerprint density at radius 3 is 3.07 bits per heavy atom. The molecular formula is C10H11N3S. The summed E-state index contributed by atoms with van der Waals surface area (Å²) in [5.41, 5.74) is 7.82. The van der Waals surface area contributed by atoms with Gasteiger partial charge in [0.1, 0.15) is 6.34 Å². The highest BCUT2D eigenvalue weighted by Crippen LogP contribution is 2.40. The summed E-state index contributed by atoms with van der Waals surface area (Å²) in [7, 11) is 0. The zero-order valence-corrected chi connectivity index (χ0v) is 8.50. The van der Waals surface area contributed by atoms with Gasteiger partial charge in [-0.3, -0.25) is 0 Å². The van der Waals surface area contributed by atoms with E-state index in [0.717, 1.165) is 5.69 Å². The molecule has 0 aromatic heterocycles. The molecule has 1 aliphatic heterocycles. The van der Waals surface area contributed by atoms with Gasteiger partial charge in [-0.2, -0.15) is 0 Å². The van der Waals surface area contributed by atoms with Crippen LogP contribution in [-0.2, 0) is 0 Å². The van der Waals surface area contributed by atoms with Crippen molar-refractivity contribution in [3.63, 3.8) is 0 Å². The van der Waals surface area contributed by atoms with E-state index in [4.69, 9.17) is 5.73 Å². The van der Waals surface area contributed by atoms with Crippen LogP contribution in [0.25, 0.3) is 0 Å². The molecule has 2 N–H and O–H groups in total. The first-order valence-electron chi connectivity index (χ1n) is 4.73. The molecule has 0 unspecified atom stereocenters.